The number of rotatable bonds is 5. The van der Waals surface area contributed by atoms with E-state index in [1.165, 1.54) is 25.7 Å². The second-order valence-corrected chi connectivity index (χ2v) is 3.07. The van der Waals surface area contributed by atoms with Crippen molar-refractivity contribution in [2.75, 3.05) is 0 Å². The molecule has 0 bridgehead atoms. The molecule has 0 aliphatic heterocycles. The Bertz CT molecular complexity index is 91.8. The maximum atomic E-state index is 3.23. The SMILES string of the molecule is Br/C=C\CCCC/C=C\Br. The third kappa shape index (κ3) is 8.44. The van der Waals surface area contributed by atoms with Crippen LogP contribution in [0.5, 0.6) is 0 Å². The van der Waals surface area contributed by atoms with Crippen molar-refractivity contribution < 1.29 is 0 Å². The lowest BCUT2D eigenvalue weighted by Gasteiger charge is -1.90. The molecule has 0 saturated heterocycles. The lowest BCUT2D eigenvalue weighted by atomic mass is 10.2. The van der Waals surface area contributed by atoms with Gasteiger partial charge in [-0.3, -0.25) is 0 Å². The fraction of sp³-hybridized carbons (Fsp3) is 0.500. The van der Waals surface area contributed by atoms with Crippen molar-refractivity contribution in [1.82, 2.24) is 0 Å². The van der Waals surface area contributed by atoms with Crippen molar-refractivity contribution in [2.45, 2.75) is 25.7 Å². The summed E-state index contributed by atoms with van der Waals surface area (Å²) in [5.41, 5.74) is 0. The van der Waals surface area contributed by atoms with Gasteiger partial charge in [0.25, 0.3) is 0 Å². The molecule has 0 aromatic heterocycles. The highest BCUT2D eigenvalue weighted by atomic mass is 79.9. The Morgan fingerprint density at radius 2 is 1.20 bits per heavy atom. The Kier molecular flexibility index (Phi) is 9.86. The van der Waals surface area contributed by atoms with Gasteiger partial charge in [0.05, 0.1) is 0 Å². The predicted molar refractivity (Wildman–Crippen MR) is 54.6 cm³/mol. The highest BCUT2D eigenvalue weighted by Crippen LogP contribution is 2.02. The molecule has 0 radical (unpaired) electrons. The van der Waals surface area contributed by atoms with Gasteiger partial charge in [-0.1, -0.05) is 44.0 Å². The number of unbranched alkanes of at least 4 members (excludes halogenated alkanes) is 3. The van der Waals surface area contributed by atoms with Gasteiger partial charge in [-0.2, -0.15) is 0 Å². The Labute approximate surface area is 79.6 Å². The lowest BCUT2D eigenvalue weighted by molar-refractivity contribution is 0.763. The fourth-order valence-corrected chi connectivity index (χ4v) is 1.18. The monoisotopic (exact) mass is 266 g/mol. The summed E-state index contributed by atoms with van der Waals surface area (Å²) in [6, 6.07) is 0. The van der Waals surface area contributed by atoms with Gasteiger partial charge in [-0.15, -0.1) is 0 Å². The highest BCUT2D eigenvalue weighted by Gasteiger charge is 1.81. The summed E-state index contributed by atoms with van der Waals surface area (Å²) in [7, 11) is 0. The summed E-state index contributed by atoms with van der Waals surface area (Å²) in [6.45, 7) is 0. The number of hydrogen-bond donors (Lipinski definition) is 0. The van der Waals surface area contributed by atoms with Crippen LogP contribution in [0.3, 0.4) is 0 Å². The Balaban J connectivity index is 2.90. The third-order valence-corrected chi connectivity index (χ3v) is 1.92. The minimum absolute atomic E-state index is 1.18. The van der Waals surface area contributed by atoms with Gasteiger partial charge in [0.2, 0.25) is 0 Å². The van der Waals surface area contributed by atoms with E-state index in [0.717, 1.165) is 0 Å². The van der Waals surface area contributed by atoms with E-state index in [1.54, 1.807) is 0 Å². The molecule has 2 heteroatoms. The number of allylic oxidation sites excluding steroid dienone is 2. The van der Waals surface area contributed by atoms with Crippen molar-refractivity contribution in [3.63, 3.8) is 0 Å². The fourth-order valence-electron chi connectivity index (χ4n) is 0.650. The molecular formula is C8H12Br2. The highest BCUT2D eigenvalue weighted by molar-refractivity contribution is 9.11. The van der Waals surface area contributed by atoms with Crippen molar-refractivity contribution in [2.24, 2.45) is 0 Å². The first-order valence-electron chi connectivity index (χ1n) is 3.42. The van der Waals surface area contributed by atoms with Crippen LogP contribution in [0.25, 0.3) is 0 Å². The largest absolute Gasteiger partial charge is 0.0776 e. The molecule has 0 nitrogen and oxygen atoms in total. The van der Waals surface area contributed by atoms with Crippen LogP contribution in [0.2, 0.25) is 0 Å². The van der Waals surface area contributed by atoms with E-state index in [0.29, 0.717) is 0 Å². The standard InChI is InChI=1S/C8H12Br2/c9-7-5-3-1-2-4-6-8-10/h5-8H,1-4H2/b7-5-,8-6-. The topological polar surface area (TPSA) is 0 Å². The van der Waals surface area contributed by atoms with Gasteiger partial charge in [0, 0.05) is 0 Å². The van der Waals surface area contributed by atoms with Crippen molar-refractivity contribution in [3.05, 3.63) is 22.1 Å². The molecule has 0 spiro atoms. The van der Waals surface area contributed by atoms with Gasteiger partial charge in [0.15, 0.2) is 0 Å². The van der Waals surface area contributed by atoms with Crippen molar-refractivity contribution in [1.29, 1.82) is 0 Å². The Morgan fingerprint density at radius 1 is 0.800 bits per heavy atom. The van der Waals surface area contributed by atoms with E-state index in [9.17, 15) is 0 Å². The molecule has 0 fully saturated rings. The number of halogens is 2. The molecule has 0 amide bonds. The molecular weight excluding hydrogens is 256 g/mol. The quantitative estimate of drug-likeness (QED) is 0.649. The second-order valence-electron chi connectivity index (χ2n) is 2.01. The van der Waals surface area contributed by atoms with E-state index in [4.69, 9.17) is 0 Å². The van der Waals surface area contributed by atoms with Gasteiger partial charge >= 0.3 is 0 Å². The van der Waals surface area contributed by atoms with Crippen LogP contribution in [0, 0.1) is 0 Å². The molecule has 0 aromatic carbocycles. The lowest BCUT2D eigenvalue weighted by Crippen LogP contribution is -1.70. The zero-order chi connectivity index (χ0) is 7.66. The number of hydrogen-bond acceptors (Lipinski definition) is 0. The summed E-state index contributed by atoms with van der Waals surface area (Å²) in [6.07, 6.45) is 9.19. The molecule has 0 aliphatic rings. The first-order chi connectivity index (χ1) is 4.91. The molecule has 0 saturated carbocycles. The summed E-state index contributed by atoms with van der Waals surface area (Å²) in [5, 5.41) is 0. The molecule has 0 heterocycles. The Hall–Kier alpha value is 0.440. The van der Waals surface area contributed by atoms with Crippen LogP contribution < -0.4 is 0 Å². The van der Waals surface area contributed by atoms with E-state index in [2.05, 4.69) is 44.0 Å². The van der Waals surface area contributed by atoms with Crippen LogP contribution in [0.15, 0.2) is 22.1 Å². The van der Waals surface area contributed by atoms with Crippen LogP contribution in [-0.4, -0.2) is 0 Å². The summed E-state index contributed by atoms with van der Waals surface area (Å²) >= 11 is 6.46. The van der Waals surface area contributed by atoms with Crippen LogP contribution in [0.1, 0.15) is 25.7 Å². The minimum Gasteiger partial charge on any atom is -0.0776 e. The molecule has 10 heavy (non-hydrogen) atoms. The van der Waals surface area contributed by atoms with Gasteiger partial charge < -0.3 is 0 Å². The van der Waals surface area contributed by atoms with E-state index in [1.807, 2.05) is 9.97 Å². The van der Waals surface area contributed by atoms with Crippen LogP contribution in [-0.2, 0) is 0 Å². The molecule has 0 unspecified atom stereocenters. The van der Waals surface area contributed by atoms with Crippen molar-refractivity contribution in [3.8, 4) is 0 Å². The Morgan fingerprint density at radius 3 is 1.50 bits per heavy atom. The van der Waals surface area contributed by atoms with Crippen LogP contribution in [0.4, 0.5) is 0 Å². The average molecular weight is 268 g/mol. The average Bonchev–Trinajstić information content (AvgIpc) is 1.97. The predicted octanol–water partition coefficient (Wildman–Crippen LogP) is 4.36. The molecule has 0 atom stereocenters. The van der Waals surface area contributed by atoms with E-state index in [-0.39, 0.29) is 0 Å². The summed E-state index contributed by atoms with van der Waals surface area (Å²) in [5.74, 6) is 0. The maximum Gasteiger partial charge on any atom is -0.0229 e. The normalized spacial score (nSPS) is 11.8. The maximum absolute atomic E-state index is 3.23. The smallest absolute Gasteiger partial charge is 0.0229 e. The van der Waals surface area contributed by atoms with Gasteiger partial charge in [-0.05, 0) is 35.7 Å². The molecule has 0 aliphatic carbocycles. The van der Waals surface area contributed by atoms with Crippen molar-refractivity contribution >= 4 is 31.9 Å². The molecule has 0 N–H and O–H groups in total. The van der Waals surface area contributed by atoms with E-state index < -0.39 is 0 Å². The van der Waals surface area contributed by atoms with E-state index >= 15 is 0 Å². The molecule has 0 rings (SSSR count). The molecule has 0 aromatic rings. The zero-order valence-electron chi connectivity index (χ0n) is 5.89. The minimum atomic E-state index is 1.18. The summed E-state index contributed by atoms with van der Waals surface area (Å²) < 4.78 is 0. The van der Waals surface area contributed by atoms with Gasteiger partial charge in [0.1, 0.15) is 0 Å². The van der Waals surface area contributed by atoms with Crippen LogP contribution >= 0.6 is 31.9 Å². The first kappa shape index (κ1) is 10.4. The zero-order valence-corrected chi connectivity index (χ0v) is 9.07. The third-order valence-electron chi connectivity index (χ3n) is 1.17. The van der Waals surface area contributed by atoms with Gasteiger partial charge in [-0.25, -0.2) is 0 Å². The summed E-state index contributed by atoms with van der Waals surface area (Å²) in [4.78, 5) is 3.85. The molecule has 58 valence electrons. The first-order valence-corrected chi connectivity index (χ1v) is 5.25. The second kappa shape index (κ2) is 9.44.